The quantitative estimate of drug-likeness (QED) is 0.664. The van der Waals surface area contributed by atoms with Crippen LogP contribution in [0.4, 0.5) is 5.69 Å². The number of para-hydroxylation sites is 1. The Kier molecular flexibility index (Phi) is 3.06. The van der Waals surface area contributed by atoms with Gasteiger partial charge in [0.15, 0.2) is 0 Å². The number of thiocarbonyl (C=S) groups is 1. The van der Waals surface area contributed by atoms with E-state index in [0.717, 1.165) is 11.4 Å². The van der Waals surface area contributed by atoms with E-state index in [1.54, 1.807) is 0 Å². The fraction of sp³-hybridized carbons (Fsp3) is 0.462. The molecule has 0 aromatic heterocycles. The molecule has 0 bridgehead atoms. The minimum Gasteiger partial charge on any atom is -0.333 e. The normalized spacial score (nSPS) is 19.9. The minimum atomic E-state index is 0.548. The van der Waals surface area contributed by atoms with Gasteiger partial charge in [0.05, 0.1) is 4.99 Å². The molecule has 0 N–H and O–H groups in total. The van der Waals surface area contributed by atoms with Crippen molar-refractivity contribution in [1.29, 1.82) is 0 Å². The first kappa shape index (κ1) is 10.6. The molecule has 1 aliphatic rings. The highest BCUT2D eigenvalue weighted by Crippen LogP contribution is 2.31. The third kappa shape index (κ3) is 1.91. The second-order valence-electron chi connectivity index (χ2n) is 4.13. The van der Waals surface area contributed by atoms with Crippen molar-refractivity contribution in [3.63, 3.8) is 0 Å². The van der Waals surface area contributed by atoms with Crippen LogP contribution in [0.3, 0.4) is 0 Å². The number of fused-ring (bicyclic) bond motifs is 1. The van der Waals surface area contributed by atoms with Gasteiger partial charge >= 0.3 is 0 Å². The van der Waals surface area contributed by atoms with Gasteiger partial charge in [0, 0.05) is 11.7 Å². The zero-order chi connectivity index (χ0) is 10.8. The maximum atomic E-state index is 5.45. The molecule has 0 fully saturated rings. The van der Waals surface area contributed by atoms with E-state index in [2.05, 4.69) is 43.0 Å². The summed E-state index contributed by atoms with van der Waals surface area (Å²) in [5.74, 6) is 0. The average Bonchev–Trinajstić information content (AvgIpc) is 2.28. The van der Waals surface area contributed by atoms with Crippen molar-refractivity contribution >= 4 is 22.9 Å². The van der Waals surface area contributed by atoms with E-state index in [1.165, 1.54) is 24.1 Å². The molecular weight excluding hydrogens is 202 g/mol. The fourth-order valence-electron chi connectivity index (χ4n) is 2.24. The van der Waals surface area contributed by atoms with Crippen LogP contribution in [0.2, 0.25) is 0 Å². The van der Waals surface area contributed by atoms with Crippen LogP contribution >= 0.6 is 12.2 Å². The molecule has 0 saturated carbocycles. The number of benzene rings is 1. The summed E-state index contributed by atoms with van der Waals surface area (Å²) in [6.07, 6.45) is 3.34. The van der Waals surface area contributed by atoms with Crippen LogP contribution in [-0.2, 0) is 6.42 Å². The lowest BCUT2D eigenvalue weighted by atomic mass is 9.96. The largest absolute Gasteiger partial charge is 0.333 e. The lowest BCUT2D eigenvalue weighted by Gasteiger charge is -2.37. The van der Waals surface area contributed by atoms with Gasteiger partial charge in [-0.15, -0.1) is 0 Å². The maximum Gasteiger partial charge on any atom is 0.0823 e. The van der Waals surface area contributed by atoms with Crippen LogP contribution < -0.4 is 4.90 Å². The molecule has 80 valence electrons. The van der Waals surface area contributed by atoms with E-state index in [0.29, 0.717) is 6.04 Å². The Bertz CT molecular complexity index is 373. The molecule has 0 aliphatic carbocycles. The van der Waals surface area contributed by atoms with Crippen LogP contribution in [0.5, 0.6) is 0 Å². The molecule has 1 nitrogen and oxygen atoms in total. The molecule has 0 saturated heterocycles. The van der Waals surface area contributed by atoms with Gasteiger partial charge in [0.2, 0.25) is 0 Å². The van der Waals surface area contributed by atoms with E-state index in [9.17, 15) is 0 Å². The van der Waals surface area contributed by atoms with Gasteiger partial charge in [-0.3, -0.25) is 0 Å². The molecule has 15 heavy (non-hydrogen) atoms. The average molecular weight is 219 g/mol. The lowest BCUT2D eigenvalue weighted by Crippen LogP contribution is -2.40. The first-order valence-electron chi connectivity index (χ1n) is 5.64. The van der Waals surface area contributed by atoms with Crippen LogP contribution in [0, 0.1) is 0 Å². The van der Waals surface area contributed by atoms with Crippen molar-refractivity contribution in [3.8, 4) is 0 Å². The van der Waals surface area contributed by atoms with Gasteiger partial charge < -0.3 is 4.90 Å². The molecular formula is C13H17NS. The first-order valence-corrected chi connectivity index (χ1v) is 6.04. The van der Waals surface area contributed by atoms with E-state index < -0.39 is 0 Å². The van der Waals surface area contributed by atoms with Crippen molar-refractivity contribution in [2.75, 3.05) is 4.90 Å². The third-order valence-electron chi connectivity index (χ3n) is 3.09. The van der Waals surface area contributed by atoms with Crippen molar-refractivity contribution in [1.82, 2.24) is 0 Å². The topological polar surface area (TPSA) is 3.24 Å². The zero-order valence-corrected chi connectivity index (χ0v) is 10.2. The Hall–Kier alpha value is -0.890. The predicted molar refractivity (Wildman–Crippen MR) is 69.6 cm³/mol. The molecule has 1 atom stereocenters. The monoisotopic (exact) mass is 219 g/mol. The van der Waals surface area contributed by atoms with Crippen LogP contribution in [0.25, 0.3) is 0 Å². The van der Waals surface area contributed by atoms with Gasteiger partial charge in [0.1, 0.15) is 0 Å². The van der Waals surface area contributed by atoms with E-state index in [4.69, 9.17) is 12.2 Å². The predicted octanol–water partition coefficient (Wildman–Crippen LogP) is 3.57. The van der Waals surface area contributed by atoms with Crippen LogP contribution in [0.1, 0.15) is 32.3 Å². The molecule has 1 unspecified atom stereocenters. The van der Waals surface area contributed by atoms with Crippen molar-refractivity contribution in [3.05, 3.63) is 29.8 Å². The SMILES string of the molecule is CCC(=S)N1c2ccccc2CCC1C. The molecule has 0 spiro atoms. The number of hydrogen-bond donors (Lipinski definition) is 0. The van der Waals surface area contributed by atoms with Crippen molar-refractivity contribution in [2.45, 2.75) is 39.2 Å². The smallest absolute Gasteiger partial charge is 0.0823 e. The first-order chi connectivity index (χ1) is 7.24. The fourth-order valence-corrected chi connectivity index (χ4v) is 2.52. The Balaban J connectivity index is 2.41. The van der Waals surface area contributed by atoms with E-state index >= 15 is 0 Å². The number of nitrogens with zero attached hydrogens (tertiary/aromatic N) is 1. The van der Waals surface area contributed by atoms with Gasteiger partial charge in [-0.05, 0) is 37.8 Å². The maximum absolute atomic E-state index is 5.45. The van der Waals surface area contributed by atoms with E-state index in [-0.39, 0.29) is 0 Å². The van der Waals surface area contributed by atoms with Gasteiger partial charge in [-0.25, -0.2) is 0 Å². The van der Waals surface area contributed by atoms with Gasteiger partial charge in [-0.2, -0.15) is 0 Å². The number of hydrogen-bond acceptors (Lipinski definition) is 1. The number of aryl methyl sites for hydroxylation is 1. The minimum absolute atomic E-state index is 0.548. The second-order valence-corrected chi connectivity index (χ2v) is 4.60. The molecule has 1 aromatic carbocycles. The Morgan fingerprint density at radius 3 is 2.93 bits per heavy atom. The summed E-state index contributed by atoms with van der Waals surface area (Å²) in [6, 6.07) is 9.16. The summed E-state index contributed by atoms with van der Waals surface area (Å²) >= 11 is 5.45. The highest BCUT2D eigenvalue weighted by molar-refractivity contribution is 7.80. The van der Waals surface area contributed by atoms with E-state index in [1.807, 2.05) is 0 Å². The van der Waals surface area contributed by atoms with Gasteiger partial charge in [-0.1, -0.05) is 37.3 Å². The van der Waals surface area contributed by atoms with Crippen molar-refractivity contribution in [2.24, 2.45) is 0 Å². The summed E-state index contributed by atoms with van der Waals surface area (Å²) in [6.45, 7) is 4.39. The standard InChI is InChI=1S/C13H17NS/c1-3-13(15)14-10(2)8-9-11-6-4-5-7-12(11)14/h4-7,10H,3,8-9H2,1-2H3. The molecule has 0 amide bonds. The number of rotatable bonds is 1. The summed E-state index contributed by atoms with van der Waals surface area (Å²) in [7, 11) is 0. The van der Waals surface area contributed by atoms with Gasteiger partial charge in [0.25, 0.3) is 0 Å². The summed E-state index contributed by atoms with van der Waals surface area (Å²) in [5.41, 5.74) is 2.76. The highest BCUT2D eigenvalue weighted by Gasteiger charge is 2.24. The Morgan fingerprint density at radius 2 is 2.20 bits per heavy atom. The highest BCUT2D eigenvalue weighted by atomic mass is 32.1. The molecule has 1 aliphatic heterocycles. The summed E-state index contributed by atoms with van der Waals surface area (Å²) in [4.78, 5) is 3.39. The Morgan fingerprint density at radius 1 is 1.47 bits per heavy atom. The Labute approximate surface area is 97.1 Å². The molecule has 1 heterocycles. The summed E-state index contributed by atoms with van der Waals surface area (Å²) in [5, 5.41) is 0. The van der Waals surface area contributed by atoms with Crippen molar-refractivity contribution < 1.29 is 0 Å². The molecule has 2 rings (SSSR count). The third-order valence-corrected chi connectivity index (χ3v) is 3.58. The molecule has 0 radical (unpaired) electrons. The number of anilines is 1. The molecule has 2 heteroatoms. The molecule has 1 aromatic rings. The zero-order valence-electron chi connectivity index (χ0n) is 9.36. The van der Waals surface area contributed by atoms with Crippen LogP contribution in [0.15, 0.2) is 24.3 Å². The van der Waals surface area contributed by atoms with Crippen LogP contribution in [-0.4, -0.2) is 11.0 Å². The second kappa shape index (κ2) is 4.31. The summed E-state index contributed by atoms with van der Waals surface area (Å²) < 4.78 is 0. The lowest BCUT2D eigenvalue weighted by molar-refractivity contribution is 0.628.